The summed E-state index contributed by atoms with van der Waals surface area (Å²) in [6.07, 6.45) is 1.09. The van der Waals surface area contributed by atoms with Gasteiger partial charge in [-0.3, -0.25) is 9.69 Å². The van der Waals surface area contributed by atoms with Crippen molar-refractivity contribution in [2.45, 2.75) is 26.4 Å². The van der Waals surface area contributed by atoms with Crippen molar-refractivity contribution < 1.29 is 4.79 Å². The number of hydrogen-bond donors (Lipinski definition) is 1. The molecule has 3 aromatic carbocycles. The van der Waals surface area contributed by atoms with Gasteiger partial charge < -0.3 is 5.32 Å². The summed E-state index contributed by atoms with van der Waals surface area (Å²) in [5.74, 6) is -0.108. The van der Waals surface area contributed by atoms with Crippen LogP contribution in [0.5, 0.6) is 0 Å². The van der Waals surface area contributed by atoms with Gasteiger partial charge in [0.05, 0.1) is 0 Å². The van der Waals surface area contributed by atoms with E-state index in [1.807, 2.05) is 43.3 Å². The molecule has 4 heteroatoms. The SMILES string of the molecule is Cc1cc(Cl)ccc1NC(=O)c1ccc(CN2CCc3ccccc3C2)cc1. The predicted molar refractivity (Wildman–Crippen MR) is 115 cm³/mol. The van der Waals surface area contributed by atoms with Crippen LogP contribution in [0.15, 0.2) is 66.7 Å². The van der Waals surface area contributed by atoms with E-state index >= 15 is 0 Å². The van der Waals surface area contributed by atoms with Crippen molar-refractivity contribution in [3.63, 3.8) is 0 Å². The van der Waals surface area contributed by atoms with E-state index in [0.717, 1.165) is 37.3 Å². The van der Waals surface area contributed by atoms with Gasteiger partial charge in [-0.25, -0.2) is 0 Å². The Kier molecular flexibility index (Phi) is 5.47. The van der Waals surface area contributed by atoms with Crippen molar-refractivity contribution in [2.24, 2.45) is 0 Å². The lowest BCUT2D eigenvalue weighted by molar-refractivity contribution is 0.102. The van der Waals surface area contributed by atoms with Crippen LogP contribution in [0.3, 0.4) is 0 Å². The first kappa shape index (κ1) is 18.7. The molecule has 4 rings (SSSR count). The highest BCUT2D eigenvalue weighted by Crippen LogP contribution is 2.22. The van der Waals surface area contributed by atoms with Crippen LogP contribution in [0.25, 0.3) is 0 Å². The average Bonchev–Trinajstić information content (AvgIpc) is 2.70. The number of rotatable bonds is 4. The maximum Gasteiger partial charge on any atom is 0.255 e. The number of carbonyl (C=O) groups excluding carboxylic acids is 1. The van der Waals surface area contributed by atoms with E-state index in [1.165, 1.54) is 16.7 Å². The molecule has 0 saturated carbocycles. The number of benzene rings is 3. The molecule has 142 valence electrons. The zero-order valence-electron chi connectivity index (χ0n) is 15.9. The van der Waals surface area contributed by atoms with Gasteiger partial charge in [0, 0.05) is 35.9 Å². The molecule has 0 aromatic heterocycles. The minimum Gasteiger partial charge on any atom is -0.322 e. The first-order valence-electron chi connectivity index (χ1n) is 9.54. The molecule has 0 saturated heterocycles. The highest BCUT2D eigenvalue weighted by atomic mass is 35.5. The molecule has 0 unspecified atom stereocenters. The Bertz CT molecular complexity index is 998. The molecule has 0 bridgehead atoms. The fraction of sp³-hybridized carbons (Fsp3) is 0.208. The van der Waals surface area contributed by atoms with Gasteiger partial charge >= 0.3 is 0 Å². The smallest absolute Gasteiger partial charge is 0.255 e. The summed E-state index contributed by atoms with van der Waals surface area (Å²) in [4.78, 5) is 15.0. The normalized spacial score (nSPS) is 13.8. The fourth-order valence-corrected chi connectivity index (χ4v) is 3.90. The van der Waals surface area contributed by atoms with Gasteiger partial charge in [-0.15, -0.1) is 0 Å². The van der Waals surface area contributed by atoms with Crippen molar-refractivity contribution >= 4 is 23.2 Å². The molecule has 1 aliphatic heterocycles. The van der Waals surface area contributed by atoms with Crippen LogP contribution < -0.4 is 5.32 Å². The number of aryl methyl sites for hydroxylation is 1. The minimum atomic E-state index is -0.108. The molecule has 0 aliphatic carbocycles. The molecule has 28 heavy (non-hydrogen) atoms. The molecular weight excluding hydrogens is 368 g/mol. The topological polar surface area (TPSA) is 32.3 Å². The Labute approximate surface area is 171 Å². The molecule has 3 nitrogen and oxygen atoms in total. The number of hydrogen-bond acceptors (Lipinski definition) is 2. The van der Waals surface area contributed by atoms with E-state index < -0.39 is 0 Å². The van der Waals surface area contributed by atoms with Gasteiger partial charge in [-0.2, -0.15) is 0 Å². The maximum absolute atomic E-state index is 12.5. The van der Waals surface area contributed by atoms with E-state index in [-0.39, 0.29) is 5.91 Å². The monoisotopic (exact) mass is 390 g/mol. The first-order valence-corrected chi connectivity index (χ1v) is 9.92. The summed E-state index contributed by atoms with van der Waals surface area (Å²) < 4.78 is 0. The molecular formula is C24H23ClN2O. The second-order valence-electron chi connectivity index (χ2n) is 7.34. The van der Waals surface area contributed by atoms with Crippen LogP contribution in [-0.2, 0) is 19.5 Å². The maximum atomic E-state index is 12.5. The Morgan fingerprint density at radius 2 is 1.79 bits per heavy atom. The van der Waals surface area contributed by atoms with E-state index in [0.29, 0.717) is 10.6 Å². The molecule has 0 fully saturated rings. The van der Waals surface area contributed by atoms with Crippen LogP contribution in [-0.4, -0.2) is 17.4 Å². The van der Waals surface area contributed by atoms with E-state index in [2.05, 4.69) is 34.5 Å². The lowest BCUT2D eigenvalue weighted by Crippen LogP contribution is -2.29. The molecule has 0 spiro atoms. The van der Waals surface area contributed by atoms with Crippen LogP contribution in [0.4, 0.5) is 5.69 Å². The van der Waals surface area contributed by atoms with Crippen molar-refractivity contribution in [3.8, 4) is 0 Å². The molecule has 3 aromatic rings. The van der Waals surface area contributed by atoms with Crippen LogP contribution in [0.2, 0.25) is 5.02 Å². The number of halogens is 1. The fourth-order valence-electron chi connectivity index (χ4n) is 3.67. The summed E-state index contributed by atoms with van der Waals surface area (Å²) in [6.45, 7) is 4.87. The number of amides is 1. The summed E-state index contributed by atoms with van der Waals surface area (Å²) in [6, 6.07) is 22.0. The third-order valence-electron chi connectivity index (χ3n) is 5.27. The minimum absolute atomic E-state index is 0.108. The summed E-state index contributed by atoms with van der Waals surface area (Å²) >= 11 is 5.98. The number of fused-ring (bicyclic) bond motifs is 1. The van der Waals surface area contributed by atoms with Crippen molar-refractivity contribution in [2.75, 3.05) is 11.9 Å². The van der Waals surface area contributed by atoms with Gasteiger partial charge in [0.15, 0.2) is 0 Å². The zero-order chi connectivity index (χ0) is 19.5. The number of anilines is 1. The second kappa shape index (κ2) is 8.17. The Hall–Kier alpha value is -2.62. The van der Waals surface area contributed by atoms with Gasteiger partial charge in [0.1, 0.15) is 0 Å². The Balaban J connectivity index is 1.39. The third-order valence-corrected chi connectivity index (χ3v) is 5.50. The zero-order valence-corrected chi connectivity index (χ0v) is 16.7. The van der Waals surface area contributed by atoms with Gasteiger partial charge in [-0.05, 0) is 65.9 Å². The Morgan fingerprint density at radius 3 is 2.54 bits per heavy atom. The van der Waals surface area contributed by atoms with E-state index in [9.17, 15) is 4.79 Å². The first-order chi connectivity index (χ1) is 13.6. The highest BCUT2D eigenvalue weighted by Gasteiger charge is 2.16. The lowest BCUT2D eigenvalue weighted by atomic mass is 9.99. The van der Waals surface area contributed by atoms with Crippen molar-refractivity contribution in [3.05, 3.63) is 99.6 Å². The lowest BCUT2D eigenvalue weighted by Gasteiger charge is -2.28. The van der Waals surface area contributed by atoms with Gasteiger partial charge in [0.25, 0.3) is 5.91 Å². The summed E-state index contributed by atoms with van der Waals surface area (Å²) in [7, 11) is 0. The largest absolute Gasteiger partial charge is 0.322 e. The number of carbonyl (C=O) groups is 1. The molecule has 1 amide bonds. The van der Waals surface area contributed by atoms with Crippen LogP contribution >= 0.6 is 11.6 Å². The molecule has 1 heterocycles. The number of nitrogens with one attached hydrogen (secondary N) is 1. The van der Waals surface area contributed by atoms with Crippen LogP contribution in [0.1, 0.15) is 32.6 Å². The quantitative estimate of drug-likeness (QED) is 0.641. The number of nitrogens with zero attached hydrogens (tertiary/aromatic N) is 1. The van der Waals surface area contributed by atoms with E-state index in [1.54, 1.807) is 6.07 Å². The standard InChI is InChI=1S/C24H23ClN2O/c1-17-14-22(25)10-11-23(17)26-24(28)20-8-6-18(7-9-20)15-27-13-12-19-4-2-3-5-21(19)16-27/h2-11,14H,12-13,15-16H2,1H3,(H,26,28). The second-order valence-corrected chi connectivity index (χ2v) is 7.78. The highest BCUT2D eigenvalue weighted by molar-refractivity contribution is 6.30. The van der Waals surface area contributed by atoms with Crippen molar-refractivity contribution in [1.82, 2.24) is 4.90 Å². The van der Waals surface area contributed by atoms with Gasteiger partial charge in [-0.1, -0.05) is 48.0 Å². The van der Waals surface area contributed by atoms with Crippen LogP contribution in [0, 0.1) is 6.92 Å². The van der Waals surface area contributed by atoms with Crippen molar-refractivity contribution in [1.29, 1.82) is 0 Å². The predicted octanol–water partition coefficient (Wildman–Crippen LogP) is 5.46. The molecule has 1 aliphatic rings. The third kappa shape index (κ3) is 4.27. The molecule has 0 atom stereocenters. The average molecular weight is 391 g/mol. The Morgan fingerprint density at radius 1 is 1.04 bits per heavy atom. The molecule has 1 N–H and O–H groups in total. The van der Waals surface area contributed by atoms with E-state index in [4.69, 9.17) is 11.6 Å². The van der Waals surface area contributed by atoms with Gasteiger partial charge in [0.2, 0.25) is 0 Å². The molecule has 0 radical (unpaired) electrons. The summed E-state index contributed by atoms with van der Waals surface area (Å²) in [5.41, 5.74) is 6.49. The summed E-state index contributed by atoms with van der Waals surface area (Å²) in [5, 5.41) is 3.62.